The summed E-state index contributed by atoms with van der Waals surface area (Å²) < 4.78 is 6.98. The summed E-state index contributed by atoms with van der Waals surface area (Å²) in [5, 5.41) is 3.81. The van der Waals surface area contributed by atoms with E-state index in [1.807, 2.05) is 66.9 Å². The number of esters is 1. The zero-order valence-electron chi connectivity index (χ0n) is 14.4. The molecule has 0 N–H and O–H groups in total. The van der Waals surface area contributed by atoms with Crippen LogP contribution in [0.4, 0.5) is 5.69 Å². The van der Waals surface area contributed by atoms with Crippen molar-refractivity contribution < 1.29 is 9.53 Å². The lowest BCUT2D eigenvalue weighted by Gasteiger charge is -2.09. The largest absolute Gasteiger partial charge is 0.461 e. The molecule has 0 aliphatic rings. The first kappa shape index (κ1) is 17.3. The minimum Gasteiger partial charge on any atom is -0.461 e. The van der Waals surface area contributed by atoms with Gasteiger partial charge in [0, 0.05) is 23.2 Å². The predicted octanol–water partition coefficient (Wildman–Crippen LogP) is 5.32. The standard InChI is InChI=1S/C20H18N4O2/c1-2-26-20(25)19-18(22-23-21)17(16-11-7-4-8-12-16)14-24(19)13-15-9-5-3-6-10-15/h3-12,14H,2,13H2,1H3. The maximum atomic E-state index is 12.6. The van der Waals surface area contributed by atoms with Gasteiger partial charge < -0.3 is 9.30 Å². The predicted molar refractivity (Wildman–Crippen MR) is 100 cm³/mol. The fourth-order valence-electron chi connectivity index (χ4n) is 2.84. The van der Waals surface area contributed by atoms with E-state index in [9.17, 15) is 4.79 Å². The third-order valence-corrected chi connectivity index (χ3v) is 3.95. The van der Waals surface area contributed by atoms with E-state index in [0.29, 0.717) is 12.1 Å². The molecule has 0 amide bonds. The van der Waals surface area contributed by atoms with Gasteiger partial charge >= 0.3 is 5.97 Å². The highest BCUT2D eigenvalue weighted by Gasteiger charge is 2.23. The highest BCUT2D eigenvalue weighted by molar-refractivity contribution is 5.98. The number of nitrogens with zero attached hydrogens (tertiary/aromatic N) is 4. The molecule has 1 heterocycles. The van der Waals surface area contributed by atoms with Crippen molar-refractivity contribution in [3.05, 3.63) is 88.6 Å². The van der Waals surface area contributed by atoms with Crippen molar-refractivity contribution in [3.8, 4) is 11.1 Å². The van der Waals surface area contributed by atoms with Crippen LogP contribution in [0.3, 0.4) is 0 Å². The quantitative estimate of drug-likeness (QED) is 0.262. The van der Waals surface area contributed by atoms with Gasteiger partial charge in [0.05, 0.1) is 12.3 Å². The van der Waals surface area contributed by atoms with E-state index < -0.39 is 5.97 Å². The highest BCUT2D eigenvalue weighted by atomic mass is 16.5. The molecule has 130 valence electrons. The lowest BCUT2D eigenvalue weighted by molar-refractivity contribution is 0.0515. The molecule has 0 bridgehead atoms. The van der Waals surface area contributed by atoms with Crippen LogP contribution in [0.2, 0.25) is 0 Å². The molecule has 3 rings (SSSR count). The van der Waals surface area contributed by atoms with E-state index in [2.05, 4.69) is 10.0 Å². The van der Waals surface area contributed by atoms with Crippen molar-refractivity contribution in [3.63, 3.8) is 0 Å². The Labute approximate surface area is 151 Å². The molecule has 0 aliphatic carbocycles. The van der Waals surface area contributed by atoms with Gasteiger partial charge in [0.25, 0.3) is 0 Å². The molecule has 0 spiro atoms. The maximum Gasteiger partial charge on any atom is 0.355 e. The molecule has 0 atom stereocenters. The second-order valence-corrected chi connectivity index (χ2v) is 5.63. The number of carbonyl (C=O) groups excluding carboxylic acids is 1. The van der Waals surface area contributed by atoms with Gasteiger partial charge in [0.1, 0.15) is 5.69 Å². The summed E-state index contributed by atoms with van der Waals surface area (Å²) in [6.07, 6.45) is 1.83. The van der Waals surface area contributed by atoms with Crippen molar-refractivity contribution in [2.75, 3.05) is 6.61 Å². The molecule has 0 radical (unpaired) electrons. The number of rotatable bonds is 6. The second kappa shape index (κ2) is 8.05. The molecule has 6 nitrogen and oxygen atoms in total. The molecule has 0 saturated carbocycles. The van der Waals surface area contributed by atoms with Crippen LogP contribution in [0, 0.1) is 0 Å². The first-order chi connectivity index (χ1) is 12.7. The molecule has 0 fully saturated rings. The Bertz CT molecular complexity index is 943. The molecule has 0 saturated heterocycles. The van der Waals surface area contributed by atoms with Crippen LogP contribution in [0.5, 0.6) is 0 Å². The highest BCUT2D eigenvalue weighted by Crippen LogP contribution is 2.36. The average molecular weight is 346 g/mol. The van der Waals surface area contributed by atoms with Crippen LogP contribution < -0.4 is 0 Å². The number of hydrogen-bond donors (Lipinski definition) is 0. The number of hydrogen-bond acceptors (Lipinski definition) is 3. The summed E-state index contributed by atoms with van der Waals surface area (Å²) in [5.74, 6) is -0.506. The van der Waals surface area contributed by atoms with E-state index in [1.54, 1.807) is 11.5 Å². The topological polar surface area (TPSA) is 80.0 Å². The van der Waals surface area contributed by atoms with Crippen LogP contribution in [-0.4, -0.2) is 17.1 Å². The third-order valence-electron chi connectivity index (χ3n) is 3.95. The first-order valence-electron chi connectivity index (χ1n) is 8.29. The van der Waals surface area contributed by atoms with Gasteiger partial charge in [-0.3, -0.25) is 0 Å². The minimum atomic E-state index is -0.506. The molecular formula is C20H18N4O2. The zero-order valence-corrected chi connectivity index (χ0v) is 14.4. The molecule has 1 aromatic heterocycles. The molecule has 2 aromatic carbocycles. The Hall–Kier alpha value is -3.50. The SMILES string of the molecule is CCOC(=O)c1c(N=[N+]=[N-])c(-c2ccccc2)cn1Cc1ccccc1. The molecule has 3 aromatic rings. The summed E-state index contributed by atoms with van der Waals surface area (Å²) in [4.78, 5) is 15.5. The van der Waals surface area contributed by atoms with Gasteiger partial charge in [-0.05, 0) is 23.6 Å². The summed E-state index contributed by atoms with van der Waals surface area (Å²) >= 11 is 0. The van der Waals surface area contributed by atoms with E-state index in [-0.39, 0.29) is 18.0 Å². The van der Waals surface area contributed by atoms with Crippen molar-refractivity contribution in [1.29, 1.82) is 0 Å². The number of benzene rings is 2. The van der Waals surface area contributed by atoms with Crippen LogP contribution in [0.25, 0.3) is 21.6 Å². The number of carbonyl (C=O) groups is 1. The summed E-state index contributed by atoms with van der Waals surface area (Å²) in [5.41, 5.74) is 12.2. The zero-order chi connectivity index (χ0) is 18.4. The van der Waals surface area contributed by atoms with Crippen LogP contribution in [0.1, 0.15) is 23.0 Å². The smallest absolute Gasteiger partial charge is 0.355 e. The monoisotopic (exact) mass is 346 g/mol. The maximum absolute atomic E-state index is 12.6. The van der Waals surface area contributed by atoms with Crippen molar-refractivity contribution >= 4 is 11.7 Å². The molecule has 0 aliphatic heterocycles. The van der Waals surface area contributed by atoms with Gasteiger partial charge in [0.2, 0.25) is 0 Å². The van der Waals surface area contributed by atoms with E-state index in [4.69, 9.17) is 10.3 Å². The third kappa shape index (κ3) is 3.61. The number of aromatic nitrogens is 1. The lowest BCUT2D eigenvalue weighted by atomic mass is 10.1. The first-order valence-corrected chi connectivity index (χ1v) is 8.29. The second-order valence-electron chi connectivity index (χ2n) is 5.63. The van der Waals surface area contributed by atoms with E-state index in [1.165, 1.54) is 0 Å². The van der Waals surface area contributed by atoms with Gasteiger partial charge in [-0.15, -0.1) is 0 Å². The minimum absolute atomic E-state index is 0.242. The van der Waals surface area contributed by atoms with E-state index in [0.717, 1.165) is 11.1 Å². The van der Waals surface area contributed by atoms with Gasteiger partial charge in [0.15, 0.2) is 0 Å². The Morgan fingerprint density at radius 3 is 2.38 bits per heavy atom. The van der Waals surface area contributed by atoms with Crippen LogP contribution >= 0.6 is 0 Å². The van der Waals surface area contributed by atoms with Gasteiger partial charge in [-0.2, -0.15) is 0 Å². The Kier molecular flexibility index (Phi) is 5.37. The van der Waals surface area contributed by atoms with Crippen LogP contribution in [-0.2, 0) is 11.3 Å². The lowest BCUT2D eigenvalue weighted by Crippen LogP contribution is -2.12. The molecule has 26 heavy (non-hydrogen) atoms. The fraction of sp³-hybridized carbons (Fsp3) is 0.150. The van der Waals surface area contributed by atoms with Crippen molar-refractivity contribution in [1.82, 2.24) is 4.57 Å². The number of ether oxygens (including phenoxy) is 1. The number of azide groups is 1. The van der Waals surface area contributed by atoms with Gasteiger partial charge in [-0.25, -0.2) is 4.79 Å². The van der Waals surface area contributed by atoms with Crippen LogP contribution in [0.15, 0.2) is 72.0 Å². The van der Waals surface area contributed by atoms with E-state index >= 15 is 0 Å². The molecule has 6 heteroatoms. The van der Waals surface area contributed by atoms with Crippen molar-refractivity contribution in [2.24, 2.45) is 5.11 Å². The molecular weight excluding hydrogens is 328 g/mol. The van der Waals surface area contributed by atoms with Gasteiger partial charge in [-0.1, -0.05) is 65.8 Å². The fourth-order valence-corrected chi connectivity index (χ4v) is 2.84. The summed E-state index contributed by atoms with van der Waals surface area (Å²) in [6, 6.07) is 19.3. The Balaban J connectivity index is 2.18. The average Bonchev–Trinajstić information content (AvgIpc) is 3.02. The molecule has 0 unspecified atom stereocenters. The Morgan fingerprint density at radius 2 is 1.77 bits per heavy atom. The summed E-state index contributed by atoms with van der Waals surface area (Å²) in [6.45, 7) is 2.45. The summed E-state index contributed by atoms with van der Waals surface area (Å²) in [7, 11) is 0. The van der Waals surface area contributed by atoms with Crippen molar-refractivity contribution in [2.45, 2.75) is 13.5 Å². The Morgan fingerprint density at radius 1 is 1.12 bits per heavy atom. The normalized spacial score (nSPS) is 10.2.